The lowest BCUT2D eigenvalue weighted by molar-refractivity contribution is -0.144. The molecule has 1 aromatic carbocycles. The van der Waals surface area contributed by atoms with E-state index in [1.165, 1.54) is 18.6 Å². The second-order valence-corrected chi connectivity index (χ2v) is 10.8. The molecule has 3 saturated heterocycles. The molecule has 0 bridgehead atoms. The smallest absolute Gasteiger partial charge is 0.446 e. The summed E-state index contributed by atoms with van der Waals surface area (Å²) in [6, 6.07) is 6.63. The van der Waals surface area contributed by atoms with Crippen molar-refractivity contribution in [3.63, 3.8) is 0 Å². The monoisotopic (exact) mass is 485 g/mol. The predicted octanol–water partition coefficient (Wildman–Crippen LogP) is 4.39. The van der Waals surface area contributed by atoms with Crippen LogP contribution in [0.2, 0.25) is 0 Å². The highest BCUT2D eigenvalue weighted by molar-refractivity contribution is 8.00. The molecule has 10 heteroatoms. The third-order valence-corrected chi connectivity index (χ3v) is 7.87. The second kappa shape index (κ2) is 9.37. The number of rotatable bonds is 3. The number of nitrogens with zero attached hydrogens (tertiary/aromatic N) is 2. The van der Waals surface area contributed by atoms with Gasteiger partial charge in [-0.05, 0) is 74.7 Å². The van der Waals surface area contributed by atoms with Crippen LogP contribution in [0.15, 0.2) is 29.2 Å². The molecule has 1 aromatic rings. The van der Waals surface area contributed by atoms with Crippen LogP contribution < -0.4 is 5.32 Å². The highest BCUT2D eigenvalue weighted by Gasteiger charge is 2.46. The Bertz CT molecular complexity index is 858. The van der Waals surface area contributed by atoms with Crippen LogP contribution >= 0.6 is 11.8 Å². The number of carbonyl (C=O) groups is 2. The zero-order valence-corrected chi connectivity index (χ0v) is 19.6. The first-order valence-electron chi connectivity index (χ1n) is 11.3. The normalized spacial score (nSPS) is 23.2. The fraction of sp³-hybridized carbons (Fsp3) is 0.652. The van der Waals surface area contributed by atoms with Gasteiger partial charge in [-0.3, -0.25) is 9.69 Å². The number of carbonyl (C=O) groups excluding carboxylic acids is 2. The first-order chi connectivity index (χ1) is 15.6. The fourth-order valence-electron chi connectivity index (χ4n) is 4.91. The van der Waals surface area contributed by atoms with Crippen molar-refractivity contribution < 1.29 is 27.5 Å². The number of hydrogen-bond acceptors (Lipinski definition) is 5. The summed E-state index contributed by atoms with van der Waals surface area (Å²) in [6.07, 6.45) is 5.34. The highest BCUT2D eigenvalue weighted by atomic mass is 32.2. The summed E-state index contributed by atoms with van der Waals surface area (Å²) in [4.78, 5) is 26.3. The van der Waals surface area contributed by atoms with Gasteiger partial charge in [0, 0.05) is 36.9 Å². The molecule has 0 aromatic heterocycles. The van der Waals surface area contributed by atoms with E-state index in [1.807, 2.05) is 4.90 Å². The summed E-state index contributed by atoms with van der Waals surface area (Å²) in [5.74, 6) is 0.153. The maximum Gasteiger partial charge on any atom is 0.446 e. The van der Waals surface area contributed by atoms with Gasteiger partial charge in [-0.1, -0.05) is 12.1 Å². The Kier molecular flexibility index (Phi) is 6.87. The maximum atomic E-state index is 12.3. The summed E-state index contributed by atoms with van der Waals surface area (Å²) < 4.78 is 41.8. The summed E-state index contributed by atoms with van der Waals surface area (Å²) >= 11 is -0.0775. The number of alkyl halides is 3. The lowest BCUT2D eigenvalue weighted by Crippen LogP contribution is -2.61. The maximum absolute atomic E-state index is 12.3. The Labute approximate surface area is 196 Å². The van der Waals surface area contributed by atoms with Crippen molar-refractivity contribution in [2.75, 3.05) is 32.8 Å². The van der Waals surface area contributed by atoms with Crippen LogP contribution in [0.25, 0.3) is 0 Å². The zero-order chi connectivity index (χ0) is 23.7. The molecule has 2 amide bonds. The predicted molar refractivity (Wildman–Crippen MR) is 119 cm³/mol. The number of thioether (sulfide) groups is 1. The highest BCUT2D eigenvalue weighted by Crippen LogP contribution is 2.41. The van der Waals surface area contributed by atoms with E-state index in [4.69, 9.17) is 4.74 Å². The van der Waals surface area contributed by atoms with Crippen LogP contribution in [0, 0.1) is 5.41 Å². The SMILES string of the molecule is CC(=O)N1CC2(CCN(Cc3ccc(SC(F)(F)F)cc3)CC2)C1.O=C1NC2(CCC2)CO1. The van der Waals surface area contributed by atoms with Crippen LogP contribution in [0.5, 0.6) is 0 Å². The number of ether oxygens (including phenoxy) is 1. The molecular weight excluding hydrogens is 455 g/mol. The first-order valence-corrected chi connectivity index (χ1v) is 12.1. The molecule has 4 fully saturated rings. The van der Waals surface area contributed by atoms with Crippen LogP contribution in [-0.2, 0) is 16.1 Å². The molecule has 3 aliphatic heterocycles. The summed E-state index contributed by atoms with van der Waals surface area (Å²) in [6.45, 7) is 6.67. The summed E-state index contributed by atoms with van der Waals surface area (Å²) in [7, 11) is 0. The molecule has 0 radical (unpaired) electrons. The molecule has 6 nitrogen and oxygen atoms in total. The van der Waals surface area contributed by atoms with Gasteiger partial charge >= 0.3 is 11.6 Å². The Balaban J connectivity index is 0.000000238. The molecule has 182 valence electrons. The van der Waals surface area contributed by atoms with Crippen LogP contribution in [0.4, 0.5) is 18.0 Å². The van der Waals surface area contributed by atoms with Crippen molar-refractivity contribution in [1.82, 2.24) is 15.1 Å². The van der Waals surface area contributed by atoms with Crippen molar-refractivity contribution in [2.24, 2.45) is 5.41 Å². The van der Waals surface area contributed by atoms with Gasteiger partial charge in [0.1, 0.15) is 6.61 Å². The van der Waals surface area contributed by atoms with Crippen molar-refractivity contribution in [3.05, 3.63) is 29.8 Å². The van der Waals surface area contributed by atoms with Crippen LogP contribution in [0.3, 0.4) is 0 Å². The molecule has 0 atom stereocenters. The molecule has 33 heavy (non-hydrogen) atoms. The second-order valence-electron chi connectivity index (χ2n) is 9.68. The van der Waals surface area contributed by atoms with E-state index in [-0.39, 0.29) is 34.2 Å². The van der Waals surface area contributed by atoms with Crippen molar-refractivity contribution in [3.8, 4) is 0 Å². The van der Waals surface area contributed by atoms with Gasteiger partial charge in [0.25, 0.3) is 0 Å². The van der Waals surface area contributed by atoms with E-state index in [2.05, 4.69) is 10.2 Å². The van der Waals surface area contributed by atoms with Gasteiger partial charge in [0.05, 0.1) is 5.54 Å². The number of cyclic esters (lactones) is 1. The minimum Gasteiger partial charge on any atom is -0.447 e. The third-order valence-electron chi connectivity index (χ3n) is 7.14. The van der Waals surface area contributed by atoms with Gasteiger partial charge in [0.2, 0.25) is 5.91 Å². The molecule has 1 saturated carbocycles. The van der Waals surface area contributed by atoms with E-state index in [0.29, 0.717) is 12.0 Å². The number of piperidine rings is 1. The van der Waals surface area contributed by atoms with E-state index in [1.54, 1.807) is 19.1 Å². The standard InChI is InChI=1S/C17H21F3N2OS.C6H9NO2/c1-13(23)22-11-16(12-22)6-8-21(9-7-16)10-14-2-4-15(5-3-14)24-17(18,19)20;8-5-7-6(4-9-5)2-1-3-6/h2-5H,6-12H2,1H3;1-4H2,(H,7,8). The lowest BCUT2D eigenvalue weighted by Gasteiger charge is -2.53. The lowest BCUT2D eigenvalue weighted by atomic mass is 9.72. The minimum atomic E-state index is -4.24. The molecule has 0 unspecified atom stereocenters. The molecule has 2 spiro atoms. The van der Waals surface area contributed by atoms with E-state index < -0.39 is 5.51 Å². The Hall–Kier alpha value is -1.94. The number of hydrogen-bond donors (Lipinski definition) is 1. The number of alkyl carbamates (subject to hydrolysis) is 1. The topological polar surface area (TPSA) is 61.9 Å². The first kappa shape index (κ1) is 24.2. The quantitative estimate of drug-likeness (QED) is 0.644. The number of likely N-dealkylation sites (tertiary alicyclic amines) is 2. The van der Waals surface area contributed by atoms with Gasteiger partial charge in [-0.15, -0.1) is 0 Å². The molecule has 3 heterocycles. The van der Waals surface area contributed by atoms with Crippen molar-refractivity contribution in [1.29, 1.82) is 0 Å². The average Bonchev–Trinajstić information content (AvgIpc) is 3.10. The Morgan fingerprint density at radius 3 is 2.18 bits per heavy atom. The molecular formula is C23H30F3N3O3S. The molecule has 5 rings (SSSR count). The number of halogens is 3. The molecule has 1 aliphatic carbocycles. The number of nitrogens with one attached hydrogen (secondary N) is 1. The van der Waals surface area contributed by atoms with E-state index in [9.17, 15) is 22.8 Å². The van der Waals surface area contributed by atoms with Gasteiger partial charge in [-0.2, -0.15) is 13.2 Å². The summed E-state index contributed by atoms with van der Waals surface area (Å²) in [5, 5.41) is 2.81. The van der Waals surface area contributed by atoms with Crippen LogP contribution in [-0.4, -0.2) is 65.6 Å². The van der Waals surface area contributed by atoms with E-state index in [0.717, 1.165) is 64.0 Å². The Morgan fingerprint density at radius 1 is 1.12 bits per heavy atom. The fourth-order valence-corrected chi connectivity index (χ4v) is 5.45. The van der Waals surface area contributed by atoms with E-state index >= 15 is 0 Å². The number of amides is 2. The average molecular weight is 486 g/mol. The molecule has 1 N–H and O–H groups in total. The van der Waals surface area contributed by atoms with Crippen LogP contribution in [0.1, 0.15) is 44.6 Å². The molecule has 4 aliphatic rings. The van der Waals surface area contributed by atoms with Crippen molar-refractivity contribution in [2.45, 2.75) is 61.5 Å². The zero-order valence-electron chi connectivity index (χ0n) is 18.7. The van der Waals surface area contributed by atoms with Gasteiger partial charge in [0.15, 0.2) is 0 Å². The largest absolute Gasteiger partial charge is 0.447 e. The summed E-state index contributed by atoms with van der Waals surface area (Å²) in [5.41, 5.74) is -2.83. The van der Waals surface area contributed by atoms with Crippen molar-refractivity contribution >= 4 is 23.8 Å². The van der Waals surface area contributed by atoms with Gasteiger partial charge < -0.3 is 15.0 Å². The minimum absolute atomic E-state index is 0.0666. The third kappa shape index (κ3) is 6.15. The Morgan fingerprint density at radius 2 is 1.76 bits per heavy atom. The van der Waals surface area contributed by atoms with Gasteiger partial charge in [-0.25, -0.2) is 4.79 Å². The number of benzene rings is 1.